The molecule has 164 valence electrons. The zero-order chi connectivity index (χ0) is 22.8. The van der Waals surface area contributed by atoms with E-state index in [0.29, 0.717) is 15.7 Å². The average Bonchev–Trinajstić information content (AvgIpc) is 3.35. The fourth-order valence-corrected chi connectivity index (χ4v) is 4.68. The summed E-state index contributed by atoms with van der Waals surface area (Å²) < 4.78 is 5.22. The number of aryl methyl sites for hydroxylation is 2. The molecule has 0 unspecified atom stereocenters. The van der Waals surface area contributed by atoms with Crippen LogP contribution in [0.25, 0.3) is 11.3 Å². The van der Waals surface area contributed by atoms with Crippen LogP contribution in [0.15, 0.2) is 48.5 Å². The van der Waals surface area contributed by atoms with E-state index in [1.54, 1.807) is 18.2 Å². The lowest BCUT2D eigenvalue weighted by Crippen LogP contribution is -2.27. The zero-order valence-electron chi connectivity index (χ0n) is 17.6. The monoisotopic (exact) mass is 468 g/mol. The van der Waals surface area contributed by atoms with Gasteiger partial charge in [-0.15, -0.1) is 11.3 Å². The fraction of sp³-hybridized carbons (Fsp3) is 0.250. The molecule has 0 saturated carbocycles. The van der Waals surface area contributed by atoms with Crippen LogP contribution in [0.1, 0.15) is 27.2 Å². The van der Waals surface area contributed by atoms with Gasteiger partial charge in [0.05, 0.1) is 11.6 Å². The third kappa shape index (κ3) is 4.74. The average molecular weight is 469 g/mol. The van der Waals surface area contributed by atoms with E-state index >= 15 is 0 Å². The number of Topliss-reactive ketones (excluding diaryl/α,β-unsaturated/α-hetero) is 1. The minimum Gasteiger partial charge on any atom is -0.457 e. The molecule has 1 aliphatic rings. The maximum Gasteiger partial charge on any atom is 0.311 e. The molecule has 2 heterocycles. The van der Waals surface area contributed by atoms with Crippen LogP contribution in [0.5, 0.6) is 0 Å². The highest BCUT2D eigenvalue weighted by Crippen LogP contribution is 2.36. The molecule has 32 heavy (non-hydrogen) atoms. The number of ether oxygens (including phenoxy) is 1. The van der Waals surface area contributed by atoms with Crippen LogP contribution in [0.2, 0.25) is 5.02 Å². The lowest BCUT2D eigenvalue weighted by atomic mass is 10.1. The fourth-order valence-electron chi connectivity index (χ4n) is 3.53. The molecule has 0 spiro atoms. The van der Waals surface area contributed by atoms with Crippen LogP contribution in [0.3, 0.4) is 0 Å². The van der Waals surface area contributed by atoms with Crippen molar-refractivity contribution in [1.82, 2.24) is 4.98 Å². The first kappa shape index (κ1) is 22.2. The van der Waals surface area contributed by atoms with Crippen molar-refractivity contribution in [2.75, 3.05) is 18.1 Å². The third-order valence-corrected chi connectivity index (χ3v) is 6.52. The summed E-state index contributed by atoms with van der Waals surface area (Å²) in [7, 11) is 0. The van der Waals surface area contributed by atoms with Crippen LogP contribution < -0.4 is 4.90 Å². The molecular formula is C24H21ClN2O4S. The second kappa shape index (κ2) is 9.22. The molecule has 1 amide bonds. The molecule has 1 aliphatic heterocycles. The SMILES string of the molecule is Cc1ccc(C(=O)COC(=O)[C@H]2CC(=O)N(c3nc(-c4cccc(Cl)c4)c(C)s3)C2)cc1. The van der Waals surface area contributed by atoms with E-state index in [1.165, 1.54) is 16.2 Å². The maximum absolute atomic E-state index is 12.6. The van der Waals surface area contributed by atoms with Crippen LogP contribution in [0.4, 0.5) is 5.13 Å². The highest BCUT2D eigenvalue weighted by Gasteiger charge is 2.38. The maximum atomic E-state index is 12.6. The van der Waals surface area contributed by atoms with Gasteiger partial charge in [-0.1, -0.05) is 53.6 Å². The number of benzene rings is 2. The number of hydrogen-bond acceptors (Lipinski definition) is 6. The minimum atomic E-state index is -0.632. The molecular weight excluding hydrogens is 448 g/mol. The minimum absolute atomic E-state index is 0.0304. The van der Waals surface area contributed by atoms with E-state index in [1.807, 2.05) is 44.2 Å². The summed E-state index contributed by atoms with van der Waals surface area (Å²) in [6, 6.07) is 14.4. The molecule has 0 bridgehead atoms. The highest BCUT2D eigenvalue weighted by atomic mass is 35.5. The number of rotatable bonds is 6. The van der Waals surface area contributed by atoms with Crippen molar-refractivity contribution in [3.63, 3.8) is 0 Å². The van der Waals surface area contributed by atoms with Crippen molar-refractivity contribution >= 4 is 45.7 Å². The van der Waals surface area contributed by atoms with Gasteiger partial charge in [0, 0.05) is 34.0 Å². The molecule has 4 rings (SSSR count). The normalized spacial score (nSPS) is 15.8. The lowest BCUT2D eigenvalue weighted by molar-refractivity contribution is -0.147. The number of carbonyl (C=O) groups is 3. The Labute approximate surface area is 194 Å². The predicted molar refractivity (Wildman–Crippen MR) is 124 cm³/mol. The van der Waals surface area contributed by atoms with Gasteiger partial charge in [0.2, 0.25) is 5.91 Å². The number of anilines is 1. The zero-order valence-corrected chi connectivity index (χ0v) is 19.2. The number of carbonyl (C=O) groups excluding carboxylic acids is 3. The Kier molecular flexibility index (Phi) is 6.39. The highest BCUT2D eigenvalue weighted by molar-refractivity contribution is 7.16. The number of amides is 1. The van der Waals surface area contributed by atoms with Gasteiger partial charge in [0.15, 0.2) is 17.5 Å². The summed E-state index contributed by atoms with van der Waals surface area (Å²) in [5.74, 6) is -1.65. The van der Waals surface area contributed by atoms with Crippen molar-refractivity contribution in [2.45, 2.75) is 20.3 Å². The van der Waals surface area contributed by atoms with E-state index < -0.39 is 11.9 Å². The summed E-state index contributed by atoms with van der Waals surface area (Å²) in [6.07, 6.45) is 0.0304. The second-order valence-corrected chi connectivity index (χ2v) is 9.33. The Morgan fingerprint density at radius 2 is 1.94 bits per heavy atom. The number of ketones is 1. The summed E-state index contributed by atoms with van der Waals surface area (Å²) in [5.41, 5.74) is 3.16. The summed E-state index contributed by atoms with van der Waals surface area (Å²) >= 11 is 7.48. The van der Waals surface area contributed by atoms with Crippen molar-refractivity contribution < 1.29 is 19.1 Å². The van der Waals surface area contributed by atoms with E-state index in [2.05, 4.69) is 4.98 Å². The smallest absolute Gasteiger partial charge is 0.311 e. The van der Waals surface area contributed by atoms with Gasteiger partial charge in [-0.2, -0.15) is 0 Å². The first-order chi connectivity index (χ1) is 15.3. The summed E-state index contributed by atoms with van der Waals surface area (Å²) in [5, 5.41) is 1.14. The van der Waals surface area contributed by atoms with E-state index in [4.69, 9.17) is 16.3 Å². The van der Waals surface area contributed by atoms with Crippen molar-refractivity contribution in [2.24, 2.45) is 5.92 Å². The molecule has 0 N–H and O–H groups in total. The molecule has 8 heteroatoms. The van der Waals surface area contributed by atoms with Crippen molar-refractivity contribution in [1.29, 1.82) is 0 Å². The van der Waals surface area contributed by atoms with Crippen molar-refractivity contribution in [3.8, 4) is 11.3 Å². The van der Waals surface area contributed by atoms with E-state index in [-0.39, 0.29) is 31.3 Å². The molecule has 1 saturated heterocycles. The standard InChI is InChI=1S/C24H21ClN2O4S/c1-14-6-8-16(9-7-14)20(28)13-31-23(30)18-11-21(29)27(12-18)24-26-22(15(2)32-24)17-4-3-5-19(25)10-17/h3-10,18H,11-13H2,1-2H3/t18-/m0/s1. The first-order valence-corrected chi connectivity index (χ1v) is 11.3. The number of hydrogen-bond donors (Lipinski definition) is 0. The largest absolute Gasteiger partial charge is 0.457 e. The van der Waals surface area contributed by atoms with Crippen molar-refractivity contribution in [3.05, 3.63) is 69.6 Å². The molecule has 2 aromatic carbocycles. The first-order valence-electron chi connectivity index (χ1n) is 10.1. The summed E-state index contributed by atoms with van der Waals surface area (Å²) in [4.78, 5) is 44.4. The van der Waals surface area contributed by atoms with E-state index in [9.17, 15) is 14.4 Å². The Morgan fingerprint density at radius 3 is 2.66 bits per heavy atom. The molecule has 6 nitrogen and oxygen atoms in total. The number of nitrogens with zero attached hydrogens (tertiary/aromatic N) is 2. The number of thiazole rings is 1. The third-order valence-electron chi connectivity index (χ3n) is 5.29. The van der Waals surface area contributed by atoms with Crippen LogP contribution >= 0.6 is 22.9 Å². The number of aromatic nitrogens is 1. The Balaban J connectivity index is 1.41. The van der Waals surface area contributed by atoms with Gasteiger partial charge in [-0.3, -0.25) is 19.3 Å². The van der Waals surface area contributed by atoms with E-state index in [0.717, 1.165) is 21.7 Å². The molecule has 1 atom stereocenters. The number of esters is 1. The van der Waals surface area contributed by atoms with Crippen LogP contribution in [0, 0.1) is 19.8 Å². The van der Waals surface area contributed by atoms with Gasteiger partial charge >= 0.3 is 5.97 Å². The molecule has 3 aromatic rings. The van der Waals surface area contributed by atoms with Gasteiger partial charge in [0.25, 0.3) is 0 Å². The summed E-state index contributed by atoms with van der Waals surface area (Å²) in [6.45, 7) is 3.69. The predicted octanol–water partition coefficient (Wildman–Crippen LogP) is 4.86. The second-order valence-electron chi connectivity index (χ2n) is 7.71. The molecule has 0 radical (unpaired) electrons. The van der Waals surface area contributed by atoms with Gasteiger partial charge in [0.1, 0.15) is 0 Å². The topological polar surface area (TPSA) is 76.6 Å². The molecule has 1 aromatic heterocycles. The van der Waals surface area contributed by atoms with Gasteiger partial charge < -0.3 is 4.74 Å². The Morgan fingerprint density at radius 1 is 1.19 bits per heavy atom. The molecule has 1 fully saturated rings. The quantitative estimate of drug-likeness (QED) is 0.381. The molecule has 0 aliphatic carbocycles. The van der Waals surface area contributed by atoms with Crippen LogP contribution in [-0.4, -0.2) is 35.8 Å². The van der Waals surface area contributed by atoms with Gasteiger partial charge in [-0.05, 0) is 26.0 Å². The number of halogens is 1. The lowest BCUT2D eigenvalue weighted by Gasteiger charge is -2.12. The Hall–Kier alpha value is -3.03. The van der Waals surface area contributed by atoms with Gasteiger partial charge in [-0.25, -0.2) is 4.98 Å². The Bertz CT molecular complexity index is 1190. The van der Waals surface area contributed by atoms with Crippen LogP contribution in [-0.2, 0) is 14.3 Å².